The van der Waals surface area contributed by atoms with Crippen LogP contribution in [0.1, 0.15) is 11.1 Å². The second-order valence-electron chi connectivity index (χ2n) is 4.85. The first-order valence-corrected chi connectivity index (χ1v) is 7.12. The molecule has 0 unspecified atom stereocenters. The average molecular weight is 316 g/mol. The van der Waals surface area contributed by atoms with Gasteiger partial charge in [0, 0.05) is 18.8 Å². The number of aromatic nitrogens is 1. The summed E-state index contributed by atoms with van der Waals surface area (Å²) in [5.74, 6) is 1.70. The predicted molar refractivity (Wildman–Crippen MR) is 85.9 cm³/mol. The van der Waals surface area contributed by atoms with Crippen molar-refractivity contribution >= 4 is 5.91 Å². The molecule has 23 heavy (non-hydrogen) atoms. The number of hydrogen-bond donors (Lipinski definition) is 1. The van der Waals surface area contributed by atoms with Crippen LogP contribution in [0.15, 0.2) is 36.5 Å². The third kappa shape index (κ3) is 4.60. The molecule has 0 fully saturated rings. The van der Waals surface area contributed by atoms with Crippen molar-refractivity contribution in [3.8, 4) is 17.4 Å². The zero-order valence-corrected chi connectivity index (χ0v) is 13.5. The topological polar surface area (TPSA) is 69.7 Å². The minimum Gasteiger partial charge on any atom is -0.493 e. The molecule has 0 atom stereocenters. The number of hydrogen-bond acceptors (Lipinski definition) is 5. The number of benzene rings is 1. The van der Waals surface area contributed by atoms with Crippen LogP contribution >= 0.6 is 0 Å². The molecule has 122 valence electrons. The molecular formula is C17H20N2O4. The van der Waals surface area contributed by atoms with Crippen LogP contribution in [0.5, 0.6) is 17.4 Å². The lowest BCUT2D eigenvalue weighted by atomic mass is 10.1. The summed E-state index contributed by atoms with van der Waals surface area (Å²) < 4.78 is 15.5. The van der Waals surface area contributed by atoms with Crippen molar-refractivity contribution in [2.75, 3.05) is 21.3 Å². The van der Waals surface area contributed by atoms with Crippen molar-refractivity contribution in [3.05, 3.63) is 47.7 Å². The van der Waals surface area contributed by atoms with Gasteiger partial charge in [-0.1, -0.05) is 6.07 Å². The maximum absolute atomic E-state index is 12.1. The van der Waals surface area contributed by atoms with E-state index in [9.17, 15) is 4.79 Å². The van der Waals surface area contributed by atoms with E-state index in [-0.39, 0.29) is 12.3 Å². The van der Waals surface area contributed by atoms with Crippen LogP contribution in [0.25, 0.3) is 0 Å². The van der Waals surface area contributed by atoms with Gasteiger partial charge in [0.05, 0.1) is 27.8 Å². The second-order valence-corrected chi connectivity index (χ2v) is 4.85. The van der Waals surface area contributed by atoms with E-state index in [0.29, 0.717) is 23.9 Å². The molecule has 1 heterocycles. The summed E-state index contributed by atoms with van der Waals surface area (Å²) in [6.07, 6.45) is 1.91. The largest absolute Gasteiger partial charge is 0.493 e. The molecule has 1 amide bonds. The van der Waals surface area contributed by atoms with Crippen molar-refractivity contribution in [1.82, 2.24) is 10.3 Å². The van der Waals surface area contributed by atoms with Gasteiger partial charge in [-0.05, 0) is 29.3 Å². The summed E-state index contributed by atoms with van der Waals surface area (Å²) in [7, 11) is 4.70. The highest BCUT2D eigenvalue weighted by atomic mass is 16.5. The van der Waals surface area contributed by atoms with Gasteiger partial charge < -0.3 is 19.5 Å². The van der Waals surface area contributed by atoms with E-state index in [2.05, 4.69) is 10.3 Å². The highest BCUT2D eigenvalue weighted by Gasteiger charge is 2.08. The fourth-order valence-corrected chi connectivity index (χ4v) is 2.11. The fourth-order valence-electron chi connectivity index (χ4n) is 2.11. The zero-order chi connectivity index (χ0) is 16.7. The highest BCUT2D eigenvalue weighted by Crippen LogP contribution is 2.27. The minimum absolute atomic E-state index is 0.0759. The fraction of sp³-hybridized carbons (Fsp3) is 0.294. The number of methoxy groups -OCH3 is 3. The first-order valence-electron chi connectivity index (χ1n) is 7.12. The molecule has 1 aromatic heterocycles. The Morgan fingerprint density at radius 3 is 2.48 bits per heavy atom. The maximum atomic E-state index is 12.1. The Bertz CT molecular complexity index is 673. The van der Waals surface area contributed by atoms with Gasteiger partial charge in [-0.25, -0.2) is 4.98 Å². The van der Waals surface area contributed by atoms with E-state index < -0.39 is 0 Å². The predicted octanol–water partition coefficient (Wildman–Crippen LogP) is 1.97. The van der Waals surface area contributed by atoms with Crippen molar-refractivity contribution < 1.29 is 19.0 Å². The number of nitrogens with zero attached hydrogens (tertiary/aromatic N) is 1. The van der Waals surface area contributed by atoms with Crippen LogP contribution in [0.4, 0.5) is 0 Å². The number of nitrogens with one attached hydrogen (secondary N) is 1. The molecule has 0 saturated heterocycles. The molecule has 1 N–H and O–H groups in total. The number of rotatable bonds is 7. The number of carbonyl (C=O) groups is 1. The Labute approximate surface area is 135 Å². The Balaban J connectivity index is 1.94. The van der Waals surface area contributed by atoms with E-state index in [1.54, 1.807) is 45.7 Å². The van der Waals surface area contributed by atoms with Crippen molar-refractivity contribution in [3.63, 3.8) is 0 Å². The third-order valence-electron chi connectivity index (χ3n) is 3.31. The van der Waals surface area contributed by atoms with E-state index in [4.69, 9.17) is 14.2 Å². The molecular weight excluding hydrogens is 296 g/mol. The second kappa shape index (κ2) is 8.03. The summed E-state index contributed by atoms with van der Waals surface area (Å²) >= 11 is 0. The molecule has 2 rings (SSSR count). The van der Waals surface area contributed by atoms with E-state index in [0.717, 1.165) is 11.1 Å². The molecule has 0 radical (unpaired) electrons. The number of amides is 1. The molecule has 0 aliphatic rings. The molecule has 0 spiro atoms. The quantitative estimate of drug-likeness (QED) is 0.845. The van der Waals surface area contributed by atoms with Crippen molar-refractivity contribution in [2.45, 2.75) is 13.0 Å². The lowest BCUT2D eigenvalue weighted by Gasteiger charge is -2.10. The van der Waals surface area contributed by atoms with Crippen LogP contribution in [-0.2, 0) is 17.8 Å². The summed E-state index contributed by atoms with van der Waals surface area (Å²) in [6, 6.07) is 9.05. The van der Waals surface area contributed by atoms with E-state index in [1.807, 2.05) is 12.1 Å². The Kier molecular flexibility index (Phi) is 5.80. The van der Waals surface area contributed by atoms with Gasteiger partial charge in [0.25, 0.3) is 0 Å². The summed E-state index contributed by atoms with van der Waals surface area (Å²) in [6.45, 7) is 0.422. The summed E-state index contributed by atoms with van der Waals surface area (Å²) in [5, 5.41) is 2.87. The Hall–Kier alpha value is -2.76. The smallest absolute Gasteiger partial charge is 0.224 e. The van der Waals surface area contributed by atoms with Crippen molar-refractivity contribution in [1.29, 1.82) is 0 Å². The molecule has 6 nitrogen and oxygen atoms in total. The minimum atomic E-state index is -0.0759. The van der Waals surface area contributed by atoms with Gasteiger partial charge >= 0.3 is 0 Å². The van der Waals surface area contributed by atoms with Crippen LogP contribution in [0.2, 0.25) is 0 Å². The average Bonchev–Trinajstić information content (AvgIpc) is 2.60. The van der Waals surface area contributed by atoms with Crippen LogP contribution in [0.3, 0.4) is 0 Å². The third-order valence-corrected chi connectivity index (χ3v) is 3.31. The number of ether oxygens (including phenoxy) is 3. The van der Waals surface area contributed by atoms with Crippen LogP contribution in [-0.4, -0.2) is 32.2 Å². The van der Waals surface area contributed by atoms with Crippen LogP contribution in [0, 0.1) is 0 Å². The first-order chi connectivity index (χ1) is 11.2. The normalized spacial score (nSPS) is 10.0. The van der Waals surface area contributed by atoms with Gasteiger partial charge in [0.1, 0.15) is 0 Å². The number of carbonyl (C=O) groups excluding carboxylic acids is 1. The van der Waals surface area contributed by atoms with E-state index in [1.165, 1.54) is 0 Å². The van der Waals surface area contributed by atoms with Crippen LogP contribution < -0.4 is 19.5 Å². The SMILES string of the molecule is COc1cc(CNC(=O)Cc2ccc(OC)c(OC)c2)ccn1. The zero-order valence-electron chi connectivity index (χ0n) is 13.5. The maximum Gasteiger partial charge on any atom is 0.224 e. The standard InChI is InChI=1S/C17H20N2O4/c1-21-14-5-4-12(8-15(14)22-2)9-16(20)19-11-13-6-7-18-17(10-13)23-3/h4-8,10H,9,11H2,1-3H3,(H,19,20). The lowest BCUT2D eigenvalue weighted by molar-refractivity contribution is -0.120. The molecule has 0 bridgehead atoms. The molecule has 0 aliphatic carbocycles. The highest BCUT2D eigenvalue weighted by molar-refractivity contribution is 5.78. The van der Waals surface area contributed by atoms with Gasteiger partial charge in [-0.3, -0.25) is 4.79 Å². The van der Waals surface area contributed by atoms with Gasteiger partial charge in [0.15, 0.2) is 11.5 Å². The van der Waals surface area contributed by atoms with Gasteiger partial charge in [0.2, 0.25) is 11.8 Å². The summed E-state index contributed by atoms with van der Waals surface area (Å²) in [5.41, 5.74) is 1.78. The molecule has 2 aromatic rings. The van der Waals surface area contributed by atoms with Gasteiger partial charge in [-0.15, -0.1) is 0 Å². The Morgan fingerprint density at radius 1 is 1.00 bits per heavy atom. The molecule has 0 aliphatic heterocycles. The number of pyridine rings is 1. The first kappa shape index (κ1) is 16.6. The van der Waals surface area contributed by atoms with Crippen molar-refractivity contribution in [2.24, 2.45) is 0 Å². The monoisotopic (exact) mass is 316 g/mol. The molecule has 6 heteroatoms. The van der Waals surface area contributed by atoms with E-state index >= 15 is 0 Å². The summed E-state index contributed by atoms with van der Waals surface area (Å²) in [4.78, 5) is 16.1. The Morgan fingerprint density at radius 2 is 1.78 bits per heavy atom. The molecule has 0 saturated carbocycles. The molecule has 1 aromatic carbocycles. The van der Waals surface area contributed by atoms with Gasteiger partial charge in [-0.2, -0.15) is 0 Å². The lowest BCUT2D eigenvalue weighted by Crippen LogP contribution is -2.24.